The number of non-ortho nitro benzene ring substituents is 1. The van der Waals surface area contributed by atoms with Crippen molar-refractivity contribution in [1.82, 2.24) is 4.90 Å². The molecule has 0 bridgehead atoms. The van der Waals surface area contributed by atoms with Crippen LogP contribution in [0.3, 0.4) is 0 Å². The lowest BCUT2D eigenvalue weighted by Crippen LogP contribution is -2.35. The molecule has 2 aromatic rings. The Labute approximate surface area is 174 Å². The molecule has 0 atom stereocenters. The second-order valence-electron chi connectivity index (χ2n) is 6.77. The molecule has 1 aliphatic rings. The maximum atomic E-state index is 12.2. The normalized spacial score (nSPS) is 14.9. The Kier molecular flexibility index (Phi) is 7.10. The highest BCUT2D eigenvalue weighted by Gasteiger charge is 2.15. The number of nitro benzene ring substituents is 1. The van der Waals surface area contributed by atoms with Gasteiger partial charge in [0.1, 0.15) is 5.75 Å². The van der Waals surface area contributed by atoms with Gasteiger partial charge >= 0.3 is 5.97 Å². The van der Waals surface area contributed by atoms with Crippen LogP contribution < -0.4 is 4.74 Å². The molecule has 0 aromatic heterocycles. The third kappa shape index (κ3) is 5.40. The molecule has 1 aliphatic heterocycles. The number of rotatable bonds is 7. The van der Waals surface area contributed by atoms with Crippen molar-refractivity contribution in [1.29, 1.82) is 0 Å². The maximum Gasteiger partial charge on any atom is 0.365 e. The van der Waals surface area contributed by atoms with E-state index in [0.29, 0.717) is 18.9 Å². The van der Waals surface area contributed by atoms with Crippen molar-refractivity contribution in [2.24, 2.45) is 5.16 Å². The number of methoxy groups -OCH3 is 1. The molecule has 0 spiro atoms. The van der Waals surface area contributed by atoms with Crippen molar-refractivity contribution in [2.75, 3.05) is 33.4 Å². The van der Waals surface area contributed by atoms with E-state index in [2.05, 4.69) is 10.1 Å². The molecule has 1 heterocycles. The molecule has 1 saturated heterocycles. The lowest BCUT2D eigenvalue weighted by atomic mass is 10.1. The van der Waals surface area contributed by atoms with Crippen LogP contribution in [0, 0.1) is 10.1 Å². The highest BCUT2D eigenvalue weighted by Crippen LogP contribution is 2.23. The molecular weight excluding hydrogens is 390 g/mol. The first-order valence-electron chi connectivity index (χ1n) is 9.45. The molecule has 9 heteroatoms. The summed E-state index contributed by atoms with van der Waals surface area (Å²) in [7, 11) is 1.63. The fraction of sp³-hybridized carbons (Fsp3) is 0.333. The summed E-state index contributed by atoms with van der Waals surface area (Å²) < 4.78 is 10.9. The summed E-state index contributed by atoms with van der Waals surface area (Å²) in [5.74, 6) is 0.0900. The Morgan fingerprint density at radius 1 is 1.17 bits per heavy atom. The standard InChI is InChI=1S/C21H23N3O6/c1-15(22-30-21(25)16-3-6-19(7-4-16)24(26)27)17-5-8-20(28-2)18(13-17)14-23-9-11-29-12-10-23/h3-8,13H,9-12,14H2,1-2H3/b22-15+. The number of carbonyl (C=O) groups excluding carboxylic acids is 1. The zero-order chi connectivity index (χ0) is 21.5. The molecule has 9 nitrogen and oxygen atoms in total. The van der Waals surface area contributed by atoms with Gasteiger partial charge in [-0.3, -0.25) is 15.0 Å². The summed E-state index contributed by atoms with van der Waals surface area (Å²) >= 11 is 0. The summed E-state index contributed by atoms with van der Waals surface area (Å²) in [6, 6.07) is 10.8. The molecule has 2 aromatic carbocycles. The van der Waals surface area contributed by atoms with Crippen molar-refractivity contribution in [3.63, 3.8) is 0 Å². The smallest absolute Gasteiger partial charge is 0.365 e. The first-order valence-corrected chi connectivity index (χ1v) is 9.45. The Balaban J connectivity index is 1.70. The van der Waals surface area contributed by atoms with Gasteiger partial charge in [0.2, 0.25) is 0 Å². The highest BCUT2D eigenvalue weighted by atomic mass is 16.7. The maximum absolute atomic E-state index is 12.2. The van der Waals surface area contributed by atoms with E-state index in [0.717, 1.165) is 36.5 Å². The fourth-order valence-corrected chi connectivity index (χ4v) is 3.06. The van der Waals surface area contributed by atoms with Gasteiger partial charge in [-0.05, 0) is 42.8 Å². The molecule has 0 radical (unpaired) electrons. The van der Waals surface area contributed by atoms with Gasteiger partial charge in [0.15, 0.2) is 0 Å². The number of hydrogen-bond acceptors (Lipinski definition) is 8. The quantitative estimate of drug-likeness (QED) is 0.297. The number of oxime groups is 1. The van der Waals surface area contributed by atoms with Crippen LogP contribution in [0.25, 0.3) is 0 Å². The average Bonchev–Trinajstić information content (AvgIpc) is 2.78. The van der Waals surface area contributed by atoms with Crippen LogP contribution in [0.1, 0.15) is 28.4 Å². The third-order valence-electron chi connectivity index (χ3n) is 4.78. The highest BCUT2D eigenvalue weighted by molar-refractivity contribution is 5.99. The van der Waals surface area contributed by atoms with Gasteiger partial charge in [-0.1, -0.05) is 5.16 Å². The van der Waals surface area contributed by atoms with Crippen LogP contribution in [0.4, 0.5) is 5.69 Å². The van der Waals surface area contributed by atoms with Gasteiger partial charge in [-0.2, -0.15) is 0 Å². The zero-order valence-electron chi connectivity index (χ0n) is 16.9. The molecule has 158 valence electrons. The van der Waals surface area contributed by atoms with Crippen molar-refractivity contribution >= 4 is 17.4 Å². The molecule has 0 N–H and O–H groups in total. The lowest BCUT2D eigenvalue weighted by Gasteiger charge is -2.27. The number of nitro groups is 1. The van der Waals surface area contributed by atoms with Gasteiger partial charge in [0.05, 0.1) is 36.5 Å². The van der Waals surface area contributed by atoms with E-state index in [9.17, 15) is 14.9 Å². The minimum Gasteiger partial charge on any atom is -0.496 e. The van der Waals surface area contributed by atoms with E-state index >= 15 is 0 Å². The summed E-state index contributed by atoms with van der Waals surface area (Å²) in [6.45, 7) is 5.59. The number of hydrogen-bond donors (Lipinski definition) is 0. The van der Waals surface area contributed by atoms with E-state index in [4.69, 9.17) is 14.3 Å². The Bertz CT molecular complexity index is 936. The first-order chi connectivity index (χ1) is 14.5. The molecule has 30 heavy (non-hydrogen) atoms. The second-order valence-corrected chi connectivity index (χ2v) is 6.77. The topological polar surface area (TPSA) is 104 Å². The number of ether oxygens (including phenoxy) is 2. The predicted octanol–water partition coefficient (Wildman–Crippen LogP) is 3.02. The molecule has 1 fully saturated rings. The van der Waals surface area contributed by atoms with Crippen molar-refractivity contribution in [3.8, 4) is 5.75 Å². The van der Waals surface area contributed by atoms with Crippen LogP contribution in [0.15, 0.2) is 47.6 Å². The Hall–Kier alpha value is -3.30. The minimum absolute atomic E-state index is 0.0998. The number of benzene rings is 2. The zero-order valence-corrected chi connectivity index (χ0v) is 16.9. The largest absolute Gasteiger partial charge is 0.496 e. The molecule has 0 amide bonds. The number of nitrogens with zero attached hydrogens (tertiary/aromatic N) is 3. The van der Waals surface area contributed by atoms with E-state index in [1.807, 2.05) is 18.2 Å². The molecular formula is C21H23N3O6. The van der Waals surface area contributed by atoms with Gasteiger partial charge in [0.25, 0.3) is 5.69 Å². The SMILES string of the molecule is COc1ccc(/C(C)=N/OC(=O)c2ccc([N+](=O)[O-])cc2)cc1CN1CCOCC1. The third-order valence-corrected chi connectivity index (χ3v) is 4.78. The van der Waals surface area contributed by atoms with Crippen LogP contribution in [0.2, 0.25) is 0 Å². The average molecular weight is 413 g/mol. The van der Waals surface area contributed by atoms with Crippen molar-refractivity contribution in [3.05, 3.63) is 69.3 Å². The summed E-state index contributed by atoms with van der Waals surface area (Å²) in [5, 5.41) is 14.6. The summed E-state index contributed by atoms with van der Waals surface area (Å²) in [4.78, 5) is 29.6. The van der Waals surface area contributed by atoms with Crippen LogP contribution >= 0.6 is 0 Å². The van der Waals surface area contributed by atoms with Crippen LogP contribution in [-0.2, 0) is 16.1 Å². The Morgan fingerprint density at radius 3 is 2.47 bits per heavy atom. The summed E-state index contributed by atoms with van der Waals surface area (Å²) in [6.07, 6.45) is 0. The van der Waals surface area contributed by atoms with Gasteiger partial charge in [-0.15, -0.1) is 0 Å². The van der Waals surface area contributed by atoms with Gasteiger partial charge in [0, 0.05) is 37.3 Å². The molecule has 0 unspecified atom stereocenters. The van der Waals surface area contributed by atoms with E-state index in [1.54, 1.807) is 14.0 Å². The number of carbonyl (C=O) groups is 1. The van der Waals surface area contributed by atoms with Crippen LogP contribution in [-0.4, -0.2) is 54.9 Å². The summed E-state index contributed by atoms with van der Waals surface area (Å²) in [5.41, 5.74) is 2.41. The predicted molar refractivity (Wildman–Crippen MR) is 110 cm³/mol. The van der Waals surface area contributed by atoms with Crippen molar-refractivity contribution in [2.45, 2.75) is 13.5 Å². The Morgan fingerprint density at radius 2 is 1.83 bits per heavy atom. The first kappa shape index (κ1) is 21.4. The van der Waals surface area contributed by atoms with Crippen LogP contribution in [0.5, 0.6) is 5.75 Å². The molecule has 0 aliphatic carbocycles. The van der Waals surface area contributed by atoms with Crippen molar-refractivity contribution < 1.29 is 24.0 Å². The van der Waals surface area contributed by atoms with E-state index in [1.165, 1.54) is 24.3 Å². The molecule has 0 saturated carbocycles. The number of morpholine rings is 1. The lowest BCUT2D eigenvalue weighted by molar-refractivity contribution is -0.384. The van der Waals surface area contributed by atoms with E-state index in [-0.39, 0.29) is 11.3 Å². The van der Waals surface area contributed by atoms with Gasteiger partial charge < -0.3 is 14.3 Å². The van der Waals surface area contributed by atoms with E-state index < -0.39 is 10.9 Å². The minimum atomic E-state index is -0.689. The molecule has 3 rings (SSSR count). The van der Waals surface area contributed by atoms with Gasteiger partial charge in [-0.25, -0.2) is 4.79 Å². The monoisotopic (exact) mass is 413 g/mol. The second kappa shape index (κ2) is 9.95. The fourth-order valence-electron chi connectivity index (χ4n) is 3.06.